The van der Waals surface area contributed by atoms with Gasteiger partial charge < -0.3 is 15.7 Å². The van der Waals surface area contributed by atoms with E-state index < -0.39 is 5.97 Å². The predicted molar refractivity (Wildman–Crippen MR) is 71.8 cm³/mol. The lowest BCUT2D eigenvalue weighted by molar-refractivity contribution is -0.136. The third kappa shape index (κ3) is 3.47. The highest BCUT2D eigenvalue weighted by Crippen LogP contribution is 2.20. The number of carbonyl (C=O) groups is 1. The van der Waals surface area contributed by atoms with Gasteiger partial charge >= 0.3 is 5.97 Å². The smallest absolute Gasteiger partial charge is 0.303 e. The van der Waals surface area contributed by atoms with Gasteiger partial charge in [-0.2, -0.15) is 0 Å². The highest BCUT2D eigenvalue weighted by molar-refractivity contribution is 5.67. The van der Waals surface area contributed by atoms with Crippen LogP contribution in [0.5, 0.6) is 0 Å². The number of benzene rings is 1. The normalized spacial score (nSPS) is 16.8. The van der Waals surface area contributed by atoms with Crippen LogP contribution in [0.2, 0.25) is 0 Å². The summed E-state index contributed by atoms with van der Waals surface area (Å²) in [6.45, 7) is 2.02. The summed E-state index contributed by atoms with van der Waals surface area (Å²) in [5.74, 6) is -0.746. The maximum absolute atomic E-state index is 10.5. The Balaban J connectivity index is 1.93. The molecule has 1 heterocycles. The van der Waals surface area contributed by atoms with Crippen molar-refractivity contribution in [2.75, 3.05) is 18.0 Å². The number of hydrogen-bond donors (Lipinski definition) is 2. The molecule has 4 heteroatoms. The van der Waals surface area contributed by atoms with E-state index in [-0.39, 0.29) is 6.42 Å². The summed E-state index contributed by atoms with van der Waals surface area (Å²) in [7, 11) is 0. The van der Waals surface area contributed by atoms with Gasteiger partial charge in [0.15, 0.2) is 0 Å². The molecule has 1 aliphatic heterocycles. The van der Waals surface area contributed by atoms with Crippen LogP contribution >= 0.6 is 0 Å². The highest BCUT2D eigenvalue weighted by atomic mass is 16.4. The van der Waals surface area contributed by atoms with Crippen LogP contribution < -0.4 is 10.6 Å². The maximum atomic E-state index is 10.5. The van der Waals surface area contributed by atoms with E-state index in [1.54, 1.807) is 0 Å². The van der Waals surface area contributed by atoms with Gasteiger partial charge in [-0.3, -0.25) is 4.79 Å². The molecular weight excluding hydrogens is 228 g/mol. The minimum Gasteiger partial charge on any atom is -0.481 e. The molecule has 0 bridgehead atoms. The van der Waals surface area contributed by atoms with Crippen molar-refractivity contribution in [3.05, 3.63) is 29.8 Å². The van der Waals surface area contributed by atoms with E-state index in [0.717, 1.165) is 31.5 Å². The number of nitrogens with two attached hydrogens (primary N) is 1. The van der Waals surface area contributed by atoms with E-state index in [1.165, 1.54) is 5.69 Å². The molecule has 98 valence electrons. The van der Waals surface area contributed by atoms with Crippen LogP contribution in [0, 0.1) is 0 Å². The monoisotopic (exact) mass is 248 g/mol. The lowest BCUT2D eigenvalue weighted by Gasteiger charge is -2.32. The van der Waals surface area contributed by atoms with Crippen LogP contribution in [-0.2, 0) is 11.2 Å². The number of piperidine rings is 1. The molecule has 0 spiro atoms. The number of hydrogen-bond acceptors (Lipinski definition) is 3. The second-order valence-electron chi connectivity index (χ2n) is 4.88. The largest absolute Gasteiger partial charge is 0.481 e. The van der Waals surface area contributed by atoms with Crippen LogP contribution in [0.25, 0.3) is 0 Å². The summed E-state index contributed by atoms with van der Waals surface area (Å²) in [6.07, 6.45) is 2.87. The molecule has 0 aromatic heterocycles. The van der Waals surface area contributed by atoms with E-state index in [2.05, 4.69) is 17.0 Å². The zero-order valence-corrected chi connectivity index (χ0v) is 10.5. The van der Waals surface area contributed by atoms with Crippen molar-refractivity contribution in [2.24, 2.45) is 5.73 Å². The third-order valence-electron chi connectivity index (χ3n) is 3.47. The topological polar surface area (TPSA) is 66.6 Å². The van der Waals surface area contributed by atoms with Crippen molar-refractivity contribution in [2.45, 2.75) is 31.7 Å². The SMILES string of the molecule is NC1CCN(c2ccc(CCC(=O)O)cc2)CC1. The number of aliphatic carboxylic acids is 1. The Morgan fingerprint density at radius 3 is 2.44 bits per heavy atom. The van der Waals surface area contributed by atoms with Gasteiger partial charge in [-0.25, -0.2) is 0 Å². The Hall–Kier alpha value is -1.55. The van der Waals surface area contributed by atoms with Crippen molar-refractivity contribution in [3.8, 4) is 0 Å². The number of carboxylic acid groups (broad SMARTS) is 1. The lowest BCUT2D eigenvalue weighted by atomic mass is 10.0. The van der Waals surface area contributed by atoms with Gasteiger partial charge in [0.25, 0.3) is 0 Å². The standard InChI is InChI=1S/C14H20N2O2/c15-12-7-9-16(10-8-12)13-4-1-11(2-5-13)3-6-14(17)18/h1-2,4-5,12H,3,6-10,15H2,(H,17,18). The average Bonchev–Trinajstić information content (AvgIpc) is 2.38. The zero-order chi connectivity index (χ0) is 13.0. The number of nitrogens with zero attached hydrogens (tertiary/aromatic N) is 1. The Kier molecular flexibility index (Phi) is 4.20. The van der Waals surface area contributed by atoms with Gasteiger partial charge in [0.05, 0.1) is 0 Å². The summed E-state index contributed by atoms with van der Waals surface area (Å²) in [6, 6.07) is 8.54. The second kappa shape index (κ2) is 5.87. The Bertz CT molecular complexity index is 395. The maximum Gasteiger partial charge on any atom is 0.303 e. The van der Waals surface area contributed by atoms with Crippen molar-refractivity contribution in [3.63, 3.8) is 0 Å². The van der Waals surface area contributed by atoms with Gasteiger partial charge in [-0.1, -0.05) is 12.1 Å². The molecule has 4 nitrogen and oxygen atoms in total. The number of anilines is 1. The summed E-state index contributed by atoms with van der Waals surface area (Å²) in [5, 5.41) is 8.64. The van der Waals surface area contributed by atoms with Crippen molar-refractivity contribution in [1.29, 1.82) is 0 Å². The van der Waals surface area contributed by atoms with Crippen molar-refractivity contribution in [1.82, 2.24) is 0 Å². The quantitative estimate of drug-likeness (QED) is 0.850. The van der Waals surface area contributed by atoms with E-state index in [4.69, 9.17) is 10.8 Å². The van der Waals surface area contributed by atoms with Crippen LogP contribution in [0.15, 0.2) is 24.3 Å². The molecule has 0 unspecified atom stereocenters. The first kappa shape index (κ1) is 12.9. The van der Waals surface area contributed by atoms with E-state index >= 15 is 0 Å². The molecule has 0 aliphatic carbocycles. The molecule has 0 saturated carbocycles. The van der Waals surface area contributed by atoms with Crippen LogP contribution in [-0.4, -0.2) is 30.2 Å². The Labute approximate surface area is 107 Å². The minimum absolute atomic E-state index is 0.192. The fourth-order valence-electron chi connectivity index (χ4n) is 2.28. The molecule has 1 saturated heterocycles. The Morgan fingerprint density at radius 1 is 1.28 bits per heavy atom. The second-order valence-corrected chi connectivity index (χ2v) is 4.88. The van der Waals surface area contributed by atoms with Gasteiger partial charge in [0.1, 0.15) is 0 Å². The third-order valence-corrected chi connectivity index (χ3v) is 3.47. The lowest BCUT2D eigenvalue weighted by Crippen LogP contribution is -2.39. The highest BCUT2D eigenvalue weighted by Gasteiger charge is 2.15. The first-order valence-corrected chi connectivity index (χ1v) is 6.46. The zero-order valence-electron chi connectivity index (χ0n) is 10.5. The molecule has 1 fully saturated rings. The molecule has 1 aliphatic rings. The summed E-state index contributed by atoms with van der Waals surface area (Å²) in [4.78, 5) is 12.8. The van der Waals surface area contributed by atoms with Crippen molar-refractivity contribution < 1.29 is 9.90 Å². The first-order chi connectivity index (χ1) is 8.65. The fraction of sp³-hybridized carbons (Fsp3) is 0.500. The molecule has 0 radical (unpaired) electrons. The van der Waals surface area contributed by atoms with E-state index in [9.17, 15) is 4.79 Å². The molecular formula is C14H20N2O2. The average molecular weight is 248 g/mol. The molecule has 1 aromatic carbocycles. The Morgan fingerprint density at radius 2 is 1.89 bits per heavy atom. The summed E-state index contributed by atoms with van der Waals surface area (Å²) < 4.78 is 0. The summed E-state index contributed by atoms with van der Waals surface area (Å²) >= 11 is 0. The van der Waals surface area contributed by atoms with Gasteiger partial charge in [-0.15, -0.1) is 0 Å². The van der Waals surface area contributed by atoms with Gasteiger partial charge in [-0.05, 0) is 37.0 Å². The van der Waals surface area contributed by atoms with E-state index in [0.29, 0.717) is 12.5 Å². The van der Waals surface area contributed by atoms with Crippen molar-refractivity contribution >= 4 is 11.7 Å². The fourth-order valence-corrected chi connectivity index (χ4v) is 2.28. The first-order valence-electron chi connectivity index (χ1n) is 6.46. The number of rotatable bonds is 4. The molecule has 1 aromatic rings. The summed E-state index contributed by atoms with van der Waals surface area (Å²) in [5.41, 5.74) is 8.17. The molecule has 18 heavy (non-hydrogen) atoms. The number of carboxylic acids is 1. The van der Waals surface area contributed by atoms with Crippen LogP contribution in [0.3, 0.4) is 0 Å². The van der Waals surface area contributed by atoms with E-state index in [1.807, 2.05) is 12.1 Å². The van der Waals surface area contributed by atoms with Gasteiger partial charge in [0.2, 0.25) is 0 Å². The number of aryl methyl sites for hydroxylation is 1. The van der Waals surface area contributed by atoms with Gasteiger partial charge in [0, 0.05) is 31.2 Å². The molecule has 0 atom stereocenters. The minimum atomic E-state index is -0.746. The molecule has 0 amide bonds. The molecule has 2 rings (SSSR count). The van der Waals surface area contributed by atoms with Crippen LogP contribution in [0.1, 0.15) is 24.8 Å². The van der Waals surface area contributed by atoms with Crippen LogP contribution in [0.4, 0.5) is 5.69 Å². The predicted octanol–water partition coefficient (Wildman–Crippen LogP) is 1.63. The molecule has 3 N–H and O–H groups in total.